The topological polar surface area (TPSA) is 37.3 Å². The molecule has 0 aromatic heterocycles. The number of carbonyl (C=O) groups excluding carboxylic acids is 1. The minimum absolute atomic E-state index is 0.0806. The van der Waals surface area contributed by atoms with E-state index in [0.717, 1.165) is 30.3 Å². The Morgan fingerprint density at radius 3 is 2.54 bits per heavy atom. The number of aliphatic hydroxyl groups is 1. The van der Waals surface area contributed by atoms with Crippen molar-refractivity contribution in [3.63, 3.8) is 0 Å². The van der Waals surface area contributed by atoms with E-state index in [2.05, 4.69) is 0 Å². The van der Waals surface area contributed by atoms with E-state index in [1.54, 1.807) is 0 Å². The van der Waals surface area contributed by atoms with Crippen LogP contribution in [-0.2, 0) is 17.8 Å². The lowest BCUT2D eigenvalue weighted by Crippen LogP contribution is -1.93. The normalized spacial score (nSPS) is 9.92. The summed E-state index contributed by atoms with van der Waals surface area (Å²) in [7, 11) is 0. The molecule has 0 amide bonds. The van der Waals surface area contributed by atoms with Gasteiger partial charge in [-0.2, -0.15) is 0 Å². The van der Waals surface area contributed by atoms with E-state index < -0.39 is 0 Å². The molecule has 1 aromatic rings. The van der Waals surface area contributed by atoms with Gasteiger partial charge < -0.3 is 9.90 Å². The van der Waals surface area contributed by atoms with Crippen LogP contribution in [0.1, 0.15) is 24.0 Å². The van der Waals surface area contributed by atoms with Crippen molar-refractivity contribution in [1.82, 2.24) is 0 Å². The van der Waals surface area contributed by atoms with Crippen molar-refractivity contribution in [2.75, 3.05) is 0 Å². The number of hydrogen-bond donors (Lipinski definition) is 1. The minimum atomic E-state index is 0.0806. The molecule has 0 saturated heterocycles. The van der Waals surface area contributed by atoms with Gasteiger partial charge in [0.05, 0.1) is 6.61 Å². The first kappa shape index (κ1) is 9.93. The molecule has 0 spiro atoms. The maximum absolute atomic E-state index is 10.1. The summed E-state index contributed by atoms with van der Waals surface area (Å²) in [5, 5.41) is 9.01. The Hall–Kier alpha value is -1.15. The van der Waals surface area contributed by atoms with E-state index in [0.29, 0.717) is 6.42 Å². The van der Waals surface area contributed by atoms with E-state index in [1.807, 2.05) is 24.3 Å². The van der Waals surface area contributed by atoms with Crippen LogP contribution in [0.25, 0.3) is 0 Å². The van der Waals surface area contributed by atoms with Gasteiger partial charge in [-0.3, -0.25) is 0 Å². The fraction of sp³-hybridized carbons (Fsp3) is 0.364. The standard InChI is InChI=1S/C11H14O2/c12-8-4-3-6-10-5-1-2-7-11(10)9-13/h1-2,5,7-8,13H,3-4,6,9H2. The largest absolute Gasteiger partial charge is 0.392 e. The molecule has 1 rings (SSSR count). The first-order chi connectivity index (χ1) is 6.38. The van der Waals surface area contributed by atoms with Crippen LogP contribution in [0.5, 0.6) is 0 Å². The Morgan fingerprint density at radius 1 is 1.23 bits per heavy atom. The summed E-state index contributed by atoms with van der Waals surface area (Å²) in [5.41, 5.74) is 2.11. The van der Waals surface area contributed by atoms with Crippen molar-refractivity contribution >= 4 is 6.29 Å². The second-order valence-electron chi connectivity index (χ2n) is 2.99. The summed E-state index contributed by atoms with van der Waals surface area (Å²) >= 11 is 0. The molecule has 1 aromatic carbocycles. The predicted molar refractivity (Wildman–Crippen MR) is 51.4 cm³/mol. The number of rotatable bonds is 5. The van der Waals surface area contributed by atoms with Crippen LogP contribution < -0.4 is 0 Å². The highest BCUT2D eigenvalue weighted by Crippen LogP contribution is 2.11. The first-order valence-electron chi connectivity index (χ1n) is 4.49. The lowest BCUT2D eigenvalue weighted by Gasteiger charge is -2.04. The Labute approximate surface area is 78.2 Å². The first-order valence-corrected chi connectivity index (χ1v) is 4.49. The summed E-state index contributed by atoms with van der Waals surface area (Å²) in [4.78, 5) is 10.1. The number of benzene rings is 1. The zero-order chi connectivity index (χ0) is 9.52. The molecule has 0 radical (unpaired) electrons. The van der Waals surface area contributed by atoms with E-state index >= 15 is 0 Å². The van der Waals surface area contributed by atoms with Crippen molar-refractivity contribution < 1.29 is 9.90 Å². The average Bonchev–Trinajstić information content (AvgIpc) is 2.19. The number of carbonyl (C=O) groups is 1. The van der Waals surface area contributed by atoms with Crippen molar-refractivity contribution in [3.8, 4) is 0 Å². The Kier molecular flexibility index (Phi) is 4.19. The average molecular weight is 178 g/mol. The highest BCUT2D eigenvalue weighted by atomic mass is 16.3. The molecule has 2 nitrogen and oxygen atoms in total. The van der Waals surface area contributed by atoms with Crippen molar-refractivity contribution in [2.45, 2.75) is 25.9 Å². The smallest absolute Gasteiger partial charge is 0.120 e. The van der Waals surface area contributed by atoms with Crippen LogP contribution in [-0.4, -0.2) is 11.4 Å². The van der Waals surface area contributed by atoms with Gasteiger partial charge in [-0.05, 0) is 24.0 Å². The van der Waals surface area contributed by atoms with Gasteiger partial charge in [0.1, 0.15) is 6.29 Å². The van der Waals surface area contributed by atoms with Crippen molar-refractivity contribution in [2.24, 2.45) is 0 Å². The molecule has 13 heavy (non-hydrogen) atoms. The molecule has 0 fully saturated rings. The molecule has 1 N–H and O–H groups in total. The van der Waals surface area contributed by atoms with E-state index in [-0.39, 0.29) is 6.61 Å². The Balaban J connectivity index is 2.58. The molecule has 0 aliphatic heterocycles. The molecular weight excluding hydrogens is 164 g/mol. The number of hydrogen-bond acceptors (Lipinski definition) is 2. The fourth-order valence-electron chi connectivity index (χ4n) is 1.33. The van der Waals surface area contributed by atoms with Crippen LogP contribution in [0.2, 0.25) is 0 Å². The molecule has 0 unspecified atom stereocenters. The molecular formula is C11H14O2. The zero-order valence-electron chi connectivity index (χ0n) is 7.57. The molecule has 0 aliphatic rings. The van der Waals surface area contributed by atoms with Crippen molar-refractivity contribution in [3.05, 3.63) is 35.4 Å². The summed E-state index contributed by atoms with van der Waals surface area (Å²) < 4.78 is 0. The second-order valence-corrected chi connectivity index (χ2v) is 2.99. The maximum Gasteiger partial charge on any atom is 0.120 e. The van der Waals surface area contributed by atoms with Crippen LogP contribution in [0, 0.1) is 0 Å². The molecule has 70 valence electrons. The second kappa shape index (κ2) is 5.49. The number of aliphatic hydroxyl groups excluding tert-OH is 1. The van der Waals surface area contributed by atoms with Gasteiger partial charge in [0.15, 0.2) is 0 Å². The van der Waals surface area contributed by atoms with Gasteiger partial charge in [0.2, 0.25) is 0 Å². The van der Waals surface area contributed by atoms with Gasteiger partial charge in [0, 0.05) is 6.42 Å². The lowest BCUT2D eigenvalue weighted by molar-refractivity contribution is -0.107. The van der Waals surface area contributed by atoms with Crippen LogP contribution >= 0.6 is 0 Å². The molecule has 0 aliphatic carbocycles. The van der Waals surface area contributed by atoms with Gasteiger partial charge in [0.25, 0.3) is 0 Å². The van der Waals surface area contributed by atoms with Crippen molar-refractivity contribution in [1.29, 1.82) is 0 Å². The molecule has 0 atom stereocenters. The highest BCUT2D eigenvalue weighted by molar-refractivity contribution is 5.49. The van der Waals surface area contributed by atoms with Gasteiger partial charge in [-0.15, -0.1) is 0 Å². The Morgan fingerprint density at radius 2 is 1.92 bits per heavy atom. The fourth-order valence-corrected chi connectivity index (χ4v) is 1.33. The molecule has 0 bridgehead atoms. The summed E-state index contributed by atoms with van der Waals surface area (Å²) in [5.74, 6) is 0. The van der Waals surface area contributed by atoms with E-state index in [4.69, 9.17) is 5.11 Å². The lowest BCUT2D eigenvalue weighted by atomic mass is 10.0. The third-order valence-electron chi connectivity index (χ3n) is 2.06. The van der Waals surface area contributed by atoms with Gasteiger partial charge in [-0.1, -0.05) is 24.3 Å². The molecule has 2 heteroatoms. The summed E-state index contributed by atoms with van der Waals surface area (Å²) in [6.45, 7) is 0.0806. The predicted octanol–water partition coefficient (Wildman–Crippen LogP) is 1.70. The number of unbranched alkanes of at least 4 members (excludes halogenated alkanes) is 1. The number of aldehydes is 1. The van der Waals surface area contributed by atoms with Gasteiger partial charge >= 0.3 is 0 Å². The molecule has 0 saturated carbocycles. The third kappa shape index (κ3) is 2.99. The minimum Gasteiger partial charge on any atom is -0.392 e. The van der Waals surface area contributed by atoms with E-state index in [1.165, 1.54) is 0 Å². The summed E-state index contributed by atoms with van der Waals surface area (Å²) in [6.07, 6.45) is 3.26. The van der Waals surface area contributed by atoms with Gasteiger partial charge in [-0.25, -0.2) is 0 Å². The quantitative estimate of drug-likeness (QED) is 0.550. The zero-order valence-corrected chi connectivity index (χ0v) is 7.57. The monoisotopic (exact) mass is 178 g/mol. The number of aryl methyl sites for hydroxylation is 1. The van der Waals surface area contributed by atoms with Crippen LogP contribution in [0.4, 0.5) is 0 Å². The summed E-state index contributed by atoms with van der Waals surface area (Å²) in [6, 6.07) is 7.77. The molecule has 0 heterocycles. The highest BCUT2D eigenvalue weighted by Gasteiger charge is 1.99. The Bertz CT molecular complexity index is 269. The third-order valence-corrected chi connectivity index (χ3v) is 2.06. The van der Waals surface area contributed by atoms with E-state index in [9.17, 15) is 4.79 Å². The van der Waals surface area contributed by atoms with Crippen LogP contribution in [0.3, 0.4) is 0 Å². The maximum atomic E-state index is 10.1. The SMILES string of the molecule is O=CCCCc1ccccc1CO. The van der Waals surface area contributed by atoms with Crippen LogP contribution in [0.15, 0.2) is 24.3 Å².